The van der Waals surface area contributed by atoms with Gasteiger partial charge in [0, 0.05) is 29.0 Å². The zero-order chi connectivity index (χ0) is 25.3. The number of aromatic hydroxyl groups is 1. The van der Waals surface area contributed by atoms with E-state index in [0.29, 0.717) is 30.1 Å². The number of phenols is 1. The van der Waals surface area contributed by atoms with Crippen LogP contribution in [0.15, 0.2) is 42.5 Å². The van der Waals surface area contributed by atoms with Crippen molar-refractivity contribution in [3.63, 3.8) is 0 Å². The molecule has 3 rings (SSSR count). The molecule has 1 unspecified atom stereocenters. The number of hydrogen-bond donors (Lipinski definition) is 2. The fraction of sp³-hybridized carbons (Fsp3) is 0.500. The molecule has 0 saturated heterocycles. The van der Waals surface area contributed by atoms with Crippen LogP contribution in [0.2, 0.25) is 0 Å². The molecule has 1 aliphatic heterocycles. The molecule has 3 nitrogen and oxygen atoms in total. The van der Waals surface area contributed by atoms with Gasteiger partial charge in [-0.3, -0.25) is 0 Å². The molecule has 0 radical (unpaired) electrons. The minimum atomic E-state index is -4.51. The number of ether oxygens (including phenoxy) is 1. The van der Waals surface area contributed by atoms with E-state index in [1.807, 2.05) is 38.1 Å². The van der Waals surface area contributed by atoms with Crippen molar-refractivity contribution in [3.05, 3.63) is 64.0 Å². The highest BCUT2D eigenvalue weighted by atomic mass is 19.4. The van der Waals surface area contributed by atoms with Crippen molar-refractivity contribution < 1.29 is 23.0 Å². The Morgan fingerprint density at radius 3 is 2.32 bits per heavy atom. The number of rotatable bonds is 8. The van der Waals surface area contributed by atoms with Crippen LogP contribution in [0.3, 0.4) is 0 Å². The highest BCUT2D eigenvalue weighted by molar-refractivity contribution is 5.70. The molecule has 0 aromatic heterocycles. The number of halogens is 3. The number of unbranched alkanes of at least 4 members (excludes halogenated alkanes) is 1. The molecular weight excluding hydrogens is 439 g/mol. The Kier molecular flexibility index (Phi) is 10.3. The van der Waals surface area contributed by atoms with Crippen LogP contribution in [0.4, 0.5) is 13.2 Å². The quantitative estimate of drug-likeness (QED) is 0.468. The van der Waals surface area contributed by atoms with Crippen LogP contribution in [0.1, 0.15) is 77.8 Å². The summed E-state index contributed by atoms with van der Waals surface area (Å²) in [6.07, 6.45) is 0.438. The minimum absolute atomic E-state index is 0.124. The lowest BCUT2D eigenvalue weighted by Crippen LogP contribution is -2.32. The normalized spacial score (nSPS) is 14.5. The van der Waals surface area contributed by atoms with Crippen molar-refractivity contribution in [2.24, 2.45) is 5.92 Å². The number of alkyl halides is 3. The Balaban J connectivity index is 0.00000199. The molecule has 1 heterocycles. The summed E-state index contributed by atoms with van der Waals surface area (Å²) in [6, 6.07) is 10.8. The molecule has 6 heteroatoms. The van der Waals surface area contributed by atoms with Crippen LogP contribution in [0.25, 0.3) is 11.5 Å². The Hall–Kier alpha value is -2.63. The van der Waals surface area contributed by atoms with Crippen molar-refractivity contribution in [1.29, 1.82) is 0 Å². The zero-order valence-electron chi connectivity index (χ0n) is 20.9. The van der Waals surface area contributed by atoms with Crippen molar-refractivity contribution in [2.75, 3.05) is 6.54 Å². The van der Waals surface area contributed by atoms with Gasteiger partial charge in [0.2, 0.25) is 0 Å². The summed E-state index contributed by atoms with van der Waals surface area (Å²) in [5.74, 6) is 1.00. The third-order valence-electron chi connectivity index (χ3n) is 5.67. The third-order valence-corrected chi connectivity index (χ3v) is 5.67. The molecule has 0 bridgehead atoms. The van der Waals surface area contributed by atoms with Crippen LogP contribution in [-0.2, 0) is 10.9 Å². The minimum Gasteiger partial charge on any atom is -0.507 e. The molecule has 2 aromatic carbocycles. The molecule has 2 N–H and O–H groups in total. The van der Waals surface area contributed by atoms with E-state index in [1.165, 1.54) is 6.07 Å². The van der Waals surface area contributed by atoms with E-state index in [4.69, 9.17) is 4.74 Å². The van der Waals surface area contributed by atoms with Gasteiger partial charge in [0.05, 0.1) is 17.4 Å². The van der Waals surface area contributed by atoms with Crippen molar-refractivity contribution in [1.82, 2.24) is 5.32 Å². The first kappa shape index (κ1) is 27.6. The summed E-state index contributed by atoms with van der Waals surface area (Å²) in [5.41, 5.74) is 0.0834. The lowest BCUT2D eigenvalue weighted by atomic mass is 10.0. The molecular formula is C28H38F3NO2. The topological polar surface area (TPSA) is 41.5 Å². The fourth-order valence-electron chi connectivity index (χ4n) is 4.14. The molecule has 0 aliphatic carbocycles. The number of hydrogen-bond acceptors (Lipinski definition) is 3. The summed E-state index contributed by atoms with van der Waals surface area (Å²) in [6.45, 7) is 11.1. The molecule has 0 saturated carbocycles. The van der Waals surface area contributed by atoms with E-state index in [1.54, 1.807) is 0 Å². The van der Waals surface area contributed by atoms with Gasteiger partial charge in [-0.05, 0) is 37.0 Å². The van der Waals surface area contributed by atoms with Crippen molar-refractivity contribution in [2.45, 2.75) is 79.0 Å². The van der Waals surface area contributed by atoms with Crippen molar-refractivity contribution in [3.8, 4) is 5.75 Å². The molecule has 2 aromatic rings. The van der Waals surface area contributed by atoms with Gasteiger partial charge in [-0.15, -0.1) is 0 Å². The van der Waals surface area contributed by atoms with E-state index in [2.05, 4.69) is 26.1 Å². The van der Waals surface area contributed by atoms with E-state index >= 15 is 0 Å². The average Bonchev–Trinajstić information content (AvgIpc) is 2.97. The number of benzene rings is 2. The summed E-state index contributed by atoms with van der Waals surface area (Å²) < 4.78 is 45.7. The predicted octanol–water partition coefficient (Wildman–Crippen LogP) is 6.32. The van der Waals surface area contributed by atoms with Gasteiger partial charge in [-0.2, -0.15) is 13.2 Å². The standard InChI is InChI=1S/C26H32F3NO2.C2H6/c1-4-5-8-19(15-17(2)3)32-24-13-14-30-25(21-10-7-6-9-20(21)24)22-12-11-18(16-23(22)31)26(27,28)29;1-2/h6-7,9-12,16-17,19,30-31H,4-5,8,13-15H2,1-3H3;1-2H3. The van der Waals surface area contributed by atoms with Crippen LogP contribution in [0.5, 0.6) is 5.75 Å². The average molecular weight is 478 g/mol. The fourth-order valence-corrected chi connectivity index (χ4v) is 4.14. The maximum absolute atomic E-state index is 13.0. The Morgan fingerprint density at radius 2 is 1.74 bits per heavy atom. The van der Waals surface area contributed by atoms with Crippen LogP contribution >= 0.6 is 0 Å². The van der Waals surface area contributed by atoms with Gasteiger partial charge < -0.3 is 15.2 Å². The zero-order valence-corrected chi connectivity index (χ0v) is 20.9. The Bertz CT molecular complexity index is 1040. The second kappa shape index (κ2) is 12.7. The molecule has 0 fully saturated rings. The summed E-state index contributed by atoms with van der Waals surface area (Å²) in [5, 5.41) is 15.5. The summed E-state index contributed by atoms with van der Waals surface area (Å²) in [4.78, 5) is 0. The van der Waals surface area contributed by atoms with Crippen LogP contribution in [0, 0.1) is 5.92 Å². The van der Waals surface area contributed by atoms with Gasteiger partial charge in [0.25, 0.3) is 0 Å². The SMILES string of the molecule is CC.CCCCC(CC(C)C)OC1=c2ccccc2=C(c2ccc(C(F)(F)F)cc2O)NCC1. The predicted molar refractivity (Wildman–Crippen MR) is 133 cm³/mol. The van der Waals surface area contributed by atoms with Crippen LogP contribution < -0.4 is 15.8 Å². The lowest BCUT2D eigenvalue weighted by Gasteiger charge is -2.22. The first-order valence-electron chi connectivity index (χ1n) is 12.3. The molecule has 1 aliphatic rings. The van der Waals surface area contributed by atoms with Crippen molar-refractivity contribution >= 4 is 11.5 Å². The highest BCUT2D eigenvalue weighted by Crippen LogP contribution is 2.34. The number of fused-ring (bicyclic) bond motifs is 1. The van der Waals surface area contributed by atoms with Gasteiger partial charge in [0.15, 0.2) is 0 Å². The third kappa shape index (κ3) is 7.18. The van der Waals surface area contributed by atoms with E-state index in [9.17, 15) is 18.3 Å². The second-order valence-electron chi connectivity index (χ2n) is 8.76. The maximum atomic E-state index is 13.0. The van der Waals surface area contributed by atoms with Gasteiger partial charge in [-0.1, -0.05) is 71.7 Å². The van der Waals surface area contributed by atoms with E-state index in [0.717, 1.165) is 54.0 Å². The smallest absolute Gasteiger partial charge is 0.416 e. The monoisotopic (exact) mass is 477 g/mol. The number of phenolic OH excluding ortho intramolecular Hbond substituents is 1. The number of nitrogens with one attached hydrogen (secondary N) is 1. The largest absolute Gasteiger partial charge is 0.507 e. The van der Waals surface area contributed by atoms with E-state index in [-0.39, 0.29) is 6.10 Å². The van der Waals surface area contributed by atoms with E-state index < -0.39 is 17.5 Å². The van der Waals surface area contributed by atoms with Gasteiger partial charge in [0.1, 0.15) is 11.5 Å². The lowest BCUT2D eigenvalue weighted by molar-refractivity contribution is -0.137. The first-order valence-corrected chi connectivity index (χ1v) is 12.3. The summed E-state index contributed by atoms with van der Waals surface area (Å²) in [7, 11) is 0. The molecule has 34 heavy (non-hydrogen) atoms. The van der Waals surface area contributed by atoms with Crippen LogP contribution in [-0.4, -0.2) is 17.8 Å². The summed E-state index contributed by atoms with van der Waals surface area (Å²) >= 11 is 0. The molecule has 1 atom stereocenters. The van der Waals surface area contributed by atoms with Gasteiger partial charge in [-0.25, -0.2) is 0 Å². The maximum Gasteiger partial charge on any atom is 0.416 e. The first-order chi connectivity index (χ1) is 16.2. The molecule has 188 valence electrons. The molecule has 0 amide bonds. The highest BCUT2D eigenvalue weighted by Gasteiger charge is 2.31. The van der Waals surface area contributed by atoms with Gasteiger partial charge >= 0.3 is 6.18 Å². The molecule has 0 spiro atoms. The Morgan fingerprint density at radius 1 is 1.06 bits per heavy atom. The Labute approximate surface area is 201 Å². The second-order valence-corrected chi connectivity index (χ2v) is 8.76.